The summed E-state index contributed by atoms with van der Waals surface area (Å²) in [6.45, 7) is 8.92. The van der Waals surface area contributed by atoms with Gasteiger partial charge in [0.25, 0.3) is 0 Å². The molecule has 0 spiro atoms. The minimum Gasteiger partial charge on any atom is -0.355 e. The fourth-order valence-corrected chi connectivity index (χ4v) is 3.10. The van der Waals surface area contributed by atoms with Crippen LogP contribution in [0.15, 0.2) is 0 Å². The Kier molecular flexibility index (Phi) is 5.57. The molecule has 0 aromatic carbocycles. The maximum Gasteiger partial charge on any atom is 0.239 e. The molecule has 0 heterocycles. The average Bonchev–Trinajstić information content (AvgIpc) is 2.35. The summed E-state index contributed by atoms with van der Waals surface area (Å²) in [5.74, 6) is 0.182. The Labute approximate surface area is 122 Å². The van der Waals surface area contributed by atoms with Gasteiger partial charge in [-0.2, -0.15) is 0 Å². The highest BCUT2D eigenvalue weighted by molar-refractivity contribution is 5.86. The molecule has 0 aliphatic heterocycles. The minimum atomic E-state index is -0.135. The van der Waals surface area contributed by atoms with Gasteiger partial charge < -0.3 is 16.0 Å². The van der Waals surface area contributed by atoms with E-state index in [-0.39, 0.29) is 35.7 Å². The molecule has 0 aromatic heterocycles. The van der Waals surface area contributed by atoms with Crippen LogP contribution in [0, 0.1) is 17.3 Å². The Morgan fingerprint density at radius 1 is 1.35 bits per heavy atom. The van der Waals surface area contributed by atoms with Gasteiger partial charge in [0.05, 0.1) is 6.54 Å². The molecule has 0 saturated heterocycles. The molecular formula is C15H29N3O2. The van der Waals surface area contributed by atoms with Crippen molar-refractivity contribution >= 4 is 11.8 Å². The second-order valence-electron chi connectivity index (χ2n) is 6.55. The lowest BCUT2D eigenvalue weighted by Crippen LogP contribution is -2.52. The second-order valence-corrected chi connectivity index (χ2v) is 6.55. The fourth-order valence-electron chi connectivity index (χ4n) is 3.10. The molecule has 1 aliphatic rings. The molecule has 3 N–H and O–H groups in total. The molecule has 0 aromatic rings. The molecule has 1 saturated carbocycles. The maximum absolute atomic E-state index is 12.6. The zero-order valence-electron chi connectivity index (χ0n) is 13.4. The quantitative estimate of drug-likeness (QED) is 0.807. The number of rotatable bonds is 4. The first-order valence-corrected chi connectivity index (χ1v) is 7.49. The van der Waals surface area contributed by atoms with Crippen LogP contribution in [0.5, 0.6) is 0 Å². The summed E-state index contributed by atoms with van der Waals surface area (Å²) in [5, 5.41) is 2.72. The molecule has 5 heteroatoms. The van der Waals surface area contributed by atoms with Gasteiger partial charge in [-0.1, -0.05) is 20.8 Å². The predicted octanol–water partition coefficient (Wildman–Crippen LogP) is 0.981. The third-order valence-electron chi connectivity index (χ3n) is 4.93. The van der Waals surface area contributed by atoms with Crippen LogP contribution in [0.3, 0.4) is 0 Å². The van der Waals surface area contributed by atoms with E-state index in [1.807, 2.05) is 6.92 Å². The van der Waals surface area contributed by atoms with E-state index in [1.54, 1.807) is 11.9 Å². The van der Waals surface area contributed by atoms with Crippen LogP contribution < -0.4 is 11.1 Å². The van der Waals surface area contributed by atoms with Crippen LogP contribution in [0.4, 0.5) is 0 Å². The molecule has 116 valence electrons. The van der Waals surface area contributed by atoms with Crippen molar-refractivity contribution in [2.45, 2.75) is 46.6 Å². The van der Waals surface area contributed by atoms with Crippen molar-refractivity contribution in [3.8, 4) is 0 Å². The molecule has 20 heavy (non-hydrogen) atoms. The van der Waals surface area contributed by atoms with Gasteiger partial charge in [0, 0.05) is 25.6 Å². The number of nitrogens with one attached hydrogen (secondary N) is 1. The predicted molar refractivity (Wildman–Crippen MR) is 80.0 cm³/mol. The first-order valence-electron chi connectivity index (χ1n) is 7.49. The van der Waals surface area contributed by atoms with Gasteiger partial charge in [-0.3, -0.25) is 9.59 Å². The molecule has 3 atom stereocenters. The summed E-state index contributed by atoms with van der Waals surface area (Å²) < 4.78 is 0. The number of likely N-dealkylation sites (N-methyl/N-ethyl adjacent to an activating group) is 2. The standard InChI is InChI=1S/C15H29N3O2/c1-6-17-13(19)9-18(5)14(20)11-7-8-12(16)10(2)15(11,3)4/h10-12H,6-9,16H2,1-5H3,(H,17,19). The van der Waals surface area contributed by atoms with Crippen LogP contribution >= 0.6 is 0 Å². The van der Waals surface area contributed by atoms with E-state index in [1.165, 1.54) is 0 Å². The van der Waals surface area contributed by atoms with Crippen molar-refractivity contribution in [1.29, 1.82) is 0 Å². The summed E-state index contributed by atoms with van der Waals surface area (Å²) in [6, 6.07) is 0.155. The van der Waals surface area contributed by atoms with E-state index < -0.39 is 0 Å². The number of amides is 2. The molecule has 3 unspecified atom stereocenters. The summed E-state index contributed by atoms with van der Waals surface area (Å²) in [5.41, 5.74) is 5.99. The highest BCUT2D eigenvalue weighted by Gasteiger charge is 2.45. The lowest BCUT2D eigenvalue weighted by Gasteiger charge is -2.46. The third-order valence-corrected chi connectivity index (χ3v) is 4.93. The Morgan fingerprint density at radius 3 is 2.50 bits per heavy atom. The normalized spacial score (nSPS) is 28.8. The molecule has 1 aliphatic carbocycles. The van der Waals surface area contributed by atoms with Gasteiger partial charge in [0.15, 0.2) is 0 Å². The van der Waals surface area contributed by atoms with Gasteiger partial charge in [-0.15, -0.1) is 0 Å². The molecule has 0 bridgehead atoms. The second kappa shape index (κ2) is 6.57. The van der Waals surface area contributed by atoms with Crippen molar-refractivity contribution in [3.05, 3.63) is 0 Å². The lowest BCUT2D eigenvalue weighted by atomic mass is 9.61. The van der Waals surface area contributed by atoms with Crippen LogP contribution in [-0.2, 0) is 9.59 Å². The molecule has 1 fully saturated rings. The van der Waals surface area contributed by atoms with E-state index in [9.17, 15) is 9.59 Å². The van der Waals surface area contributed by atoms with Crippen LogP contribution in [0.2, 0.25) is 0 Å². The monoisotopic (exact) mass is 283 g/mol. The number of carbonyl (C=O) groups is 2. The zero-order valence-corrected chi connectivity index (χ0v) is 13.4. The highest BCUT2D eigenvalue weighted by Crippen LogP contribution is 2.44. The van der Waals surface area contributed by atoms with E-state index in [0.29, 0.717) is 12.5 Å². The van der Waals surface area contributed by atoms with Gasteiger partial charge in [-0.05, 0) is 31.1 Å². The van der Waals surface area contributed by atoms with Crippen molar-refractivity contribution in [1.82, 2.24) is 10.2 Å². The molecule has 5 nitrogen and oxygen atoms in total. The van der Waals surface area contributed by atoms with E-state index in [0.717, 1.165) is 12.8 Å². The number of carbonyl (C=O) groups excluding carboxylic acids is 2. The van der Waals surface area contributed by atoms with Gasteiger partial charge in [0.1, 0.15) is 0 Å². The zero-order chi connectivity index (χ0) is 15.5. The largest absolute Gasteiger partial charge is 0.355 e. The first kappa shape index (κ1) is 17.0. The highest BCUT2D eigenvalue weighted by atomic mass is 16.2. The van der Waals surface area contributed by atoms with E-state index in [4.69, 9.17) is 5.73 Å². The Hall–Kier alpha value is -1.10. The lowest BCUT2D eigenvalue weighted by molar-refractivity contribution is -0.144. The number of hydrogen-bond donors (Lipinski definition) is 2. The molecule has 2 amide bonds. The Morgan fingerprint density at radius 2 is 1.95 bits per heavy atom. The number of nitrogens with two attached hydrogens (primary N) is 1. The Balaban J connectivity index is 2.73. The van der Waals surface area contributed by atoms with Crippen molar-refractivity contribution in [3.63, 3.8) is 0 Å². The molecular weight excluding hydrogens is 254 g/mol. The van der Waals surface area contributed by atoms with Crippen LogP contribution in [-0.4, -0.2) is 42.9 Å². The van der Waals surface area contributed by atoms with E-state index in [2.05, 4.69) is 26.1 Å². The van der Waals surface area contributed by atoms with Crippen LogP contribution in [0.25, 0.3) is 0 Å². The summed E-state index contributed by atoms with van der Waals surface area (Å²) >= 11 is 0. The number of nitrogens with zero attached hydrogens (tertiary/aromatic N) is 1. The first-order chi connectivity index (χ1) is 9.21. The topological polar surface area (TPSA) is 75.4 Å². The van der Waals surface area contributed by atoms with Crippen molar-refractivity contribution in [2.75, 3.05) is 20.1 Å². The van der Waals surface area contributed by atoms with Gasteiger partial charge in [-0.25, -0.2) is 0 Å². The van der Waals surface area contributed by atoms with Gasteiger partial charge >= 0.3 is 0 Å². The number of hydrogen-bond acceptors (Lipinski definition) is 3. The average molecular weight is 283 g/mol. The van der Waals surface area contributed by atoms with Crippen LogP contribution in [0.1, 0.15) is 40.5 Å². The summed E-state index contributed by atoms with van der Waals surface area (Å²) in [4.78, 5) is 25.7. The summed E-state index contributed by atoms with van der Waals surface area (Å²) in [7, 11) is 1.70. The van der Waals surface area contributed by atoms with Gasteiger partial charge in [0.2, 0.25) is 11.8 Å². The summed E-state index contributed by atoms with van der Waals surface area (Å²) in [6.07, 6.45) is 1.67. The minimum absolute atomic E-state index is 0.0556. The van der Waals surface area contributed by atoms with E-state index >= 15 is 0 Å². The van der Waals surface area contributed by atoms with Crippen molar-refractivity contribution in [2.24, 2.45) is 23.0 Å². The van der Waals surface area contributed by atoms with Crippen molar-refractivity contribution < 1.29 is 9.59 Å². The SMILES string of the molecule is CCNC(=O)CN(C)C(=O)C1CCC(N)C(C)C1(C)C. The Bertz CT molecular complexity index is 368. The molecule has 0 radical (unpaired) electrons. The third kappa shape index (κ3) is 3.51. The molecule has 1 rings (SSSR count). The fraction of sp³-hybridized carbons (Fsp3) is 0.867. The maximum atomic E-state index is 12.6. The smallest absolute Gasteiger partial charge is 0.239 e.